The lowest BCUT2D eigenvalue weighted by Gasteiger charge is -2.28. The minimum Gasteiger partial charge on any atom is -0.351 e. The summed E-state index contributed by atoms with van der Waals surface area (Å²) in [7, 11) is 0. The van der Waals surface area contributed by atoms with Crippen molar-refractivity contribution in [1.82, 2.24) is 19.7 Å². The van der Waals surface area contributed by atoms with Gasteiger partial charge in [0.05, 0.1) is 11.0 Å². The number of piperazine rings is 1. The van der Waals surface area contributed by atoms with Crippen LogP contribution >= 0.6 is 0 Å². The van der Waals surface area contributed by atoms with E-state index in [4.69, 9.17) is 4.98 Å². The summed E-state index contributed by atoms with van der Waals surface area (Å²) in [5.41, 5.74) is 4.33. The van der Waals surface area contributed by atoms with Crippen LogP contribution in [0.4, 0.5) is 5.82 Å². The zero-order valence-electron chi connectivity index (χ0n) is 11.5. The molecule has 1 fully saturated rings. The summed E-state index contributed by atoms with van der Waals surface area (Å²) < 4.78 is 2.15. The van der Waals surface area contributed by atoms with Gasteiger partial charge in [0.1, 0.15) is 0 Å². The van der Waals surface area contributed by atoms with Crippen LogP contribution in [0, 0.1) is 6.92 Å². The van der Waals surface area contributed by atoms with E-state index in [0.717, 1.165) is 48.7 Å². The van der Waals surface area contributed by atoms with E-state index in [1.807, 2.05) is 12.4 Å². The maximum absolute atomic E-state index is 4.86. The summed E-state index contributed by atoms with van der Waals surface area (Å²) >= 11 is 0. The second kappa shape index (κ2) is 4.45. The first-order valence-corrected chi connectivity index (χ1v) is 7.02. The molecule has 1 aliphatic rings. The number of hydrogen-bond acceptors (Lipinski definition) is 4. The third-order valence-corrected chi connectivity index (χ3v) is 3.87. The van der Waals surface area contributed by atoms with Gasteiger partial charge in [-0.2, -0.15) is 0 Å². The van der Waals surface area contributed by atoms with Crippen molar-refractivity contribution in [2.75, 3.05) is 31.1 Å². The van der Waals surface area contributed by atoms with Gasteiger partial charge in [-0.3, -0.25) is 4.40 Å². The fraction of sp³-hybridized carbons (Fsp3) is 0.333. The summed E-state index contributed by atoms with van der Waals surface area (Å²) in [6.45, 7) is 6.06. The summed E-state index contributed by atoms with van der Waals surface area (Å²) in [5, 5.41) is 3.37. The quantitative estimate of drug-likeness (QED) is 0.727. The molecule has 0 atom stereocenters. The third-order valence-electron chi connectivity index (χ3n) is 3.87. The average Bonchev–Trinajstić information content (AvgIpc) is 2.97. The standard InChI is InChI=1S/C15H17N5/c1-11-2-3-12-13(10-11)20-9-6-17-14(20)15(18-12)19-7-4-16-5-8-19/h2-3,6,9-10,16H,4-5,7-8H2,1H3. The molecule has 1 aliphatic heterocycles. The number of nitrogens with one attached hydrogen (secondary N) is 1. The number of aromatic nitrogens is 3. The van der Waals surface area contributed by atoms with Crippen molar-refractivity contribution in [2.45, 2.75) is 6.92 Å². The van der Waals surface area contributed by atoms with Gasteiger partial charge in [-0.05, 0) is 24.6 Å². The fourth-order valence-corrected chi connectivity index (χ4v) is 2.84. The van der Waals surface area contributed by atoms with E-state index in [-0.39, 0.29) is 0 Å². The molecule has 0 saturated carbocycles. The van der Waals surface area contributed by atoms with Crippen LogP contribution in [0.2, 0.25) is 0 Å². The Kier molecular flexibility index (Phi) is 2.60. The van der Waals surface area contributed by atoms with Gasteiger partial charge < -0.3 is 10.2 Å². The molecule has 20 heavy (non-hydrogen) atoms. The minimum absolute atomic E-state index is 0.949. The maximum Gasteiger partial charge on any atom is 0.180 e. The monoisotopic (exact) mass is 267 g/mol. The number of anilines is 1. The van der Waals surface area contributed by atoms with E-state index in [2.05, 4.69) is 44.7 Å². The third kappa shape index (κ3) is 1.74. The first-order valence-electron chi connectivity index (χ1n) is 7.02. The Labute approximate surface area is 117 Å². The molecule has 102 valence electrons. The molecular weight excluding hydrogens is 250 g/mol. The molecule has 0 amide bonds. The predicted molar refractivity (Wildman–Crippen MR) is 80.3 cm³/mol. The molecule has 0 spiro atoms. The summed E-state index contributed by atoms with van der Waals surface area (Å²) in [6, 6.07) is 6.37. The molecule has 2 aromatic heterocycles. The van der Waals surface area contributed by atoms with Crippen LogP contribution in [-0.2, 0) is 0 Å². The second-order valence-electron chi connectivity index (χ2n) is 5.29. The van der Waals surface area contributed by atoms with E-state index in [0.29, 0.717) is 0 Å². The molecule has 0 aliphatic carbocycles. The number of rotatable bonds is 1. The largest absolute Gasteiger partial charge is 0.351 e. The van der Waals surface area contributed by atoms with Gasteiger partial charge in [-0.1, -0.05) is 6.07 Å². The van der Waals surface area contributed by atoms with E-state index < -0.39 is 0 Å². The lowest BCUT2D eigenvalue weighted by molar-refractivity contribution is 0.586. The van der Waals surface area contributed by atoms with Crippen molar-refractivity contribution in [2.24, 2.45) is 0 Å². The highest BCUT2D eigenvalue weighted by Gasteiger charge is 2.17. The lowest BCUT2D eigenvalue weighted by Crippen LogP contribution is -2.44. The molecule has 5 nitrogen and oxygen atoms in total. The van der Waals surface area contributed by atoms with Gasteiger partial charge in [0.2, 0.25) is 0 Å². The van der Waals surface area contributed by atoms with Crippen LogP contribution in [0.1, 0.15) is 5.56 Å². The SMILES string of the molecule is Cc1ccc2nc(N3CCNCC3)c3nccn3c2c1. The van der Waals surface area contributed by atoms with Crippen LogP contribution in [0.5, 0.6) is 0 Å². The number of benzene rings is 1. The number of imidazole rings is 1. The summed E-state index contributed by atoms with van der Waals surface area (Å²) in [4.78, 5) is 11.7. The molecule has 3 aromatic rings. The highest BCUT2D eigenvalue weighted by molar-refractivity contribution is 5.83. The van der Waals surface area contributed by atoms with Crippen LogP contribution in [0.15, 0.2) is 30.6 Å². The zero-order chi connectivity index (χ0) is 13.5. The van der Waals surface area contributed by atoms with Gasteiger partial charge in [0.25, 0.3) is 0 Å². The number of nitrogens with zero attached hydrogens (tertiary/aromatic N) is 4. The summed E-state index contributed by atoms with van der Waals surface area (Å²) in [6.07, 6.45) is 3.87. The van der Waals surface area contributed by atoms with Crippen LogP contribution < -0.4 is 10.2 Å². The van der Waals surface area contributed by atoms with Gasteiger partial charge in [0.15, 0.2) is 11.5 Å². The molecule has 0 bridgehead atoms. The van der Waals surface area contributed by atoms with Crippen molar-refractivity contribution in [3.63, 3.8) is 0 Å². The molecule has 3 heterocycles. The topological polar surface area (TPSA) is 45.5 Å². The van der Waals surface area contributed by atoms with Crippen molar-refractivity contribution in [1.29, 1.82) is 0 Å². The number of aryl methyl sites for hydroxylation is 1. The van der Waals surface area contributed by atoms with Gasteiger partial charge in [0, 0.05) is 38.6 Å². The smallest absolute Gasteiger partial charge is 0.180 e. The molecule has 0 unspecified atom stereocenters. The molecule has 1 saturated heterocycles. The molecule has 4 rings (SSSR count). The van der Waals surface area contributed by atoms with Crippen LogP contribution in [0.25, 0.3) is 16.7 Å². The van der Waals surface area contributed by atoms with Gasteiger partial charge in [-0.15, -0.1) is 0 Å². The Morgan fingerprint density at radius 3 is 2.90 bits per heavy atom. The lowest BCUT2D eigenvalue weighted by atomic mass is 10.2. The molecule has 1 aromatic carbocycles. The second-order valence-corrected chi connectivity index (χ2v) is 5.29. The summed E-state index contributed by atoms with van der Waals surface area (Å²) in [5.74, 6) is 0.993. The maximum atomic E-state index is 4.86. The molecule has 5 heteroatoms. The number of fused-ring (bicyclic) bond motifs is 3. The van der Waals surface area contributed by atoms with E-state index in [9.17, 15) is 0 Å². The number of hydrogen-bond donors (Lipinski definition) is 1. The van der Waals surface area contributed by atoms with E-state index in [1.165, 1.54) is 5.56 Å². The molecule has 1 N–H and O–H groups in total. The minimum atomic E-state index is 0.949. The normalized spacial score (nSPS) is 16.1. The predicted octanol–water partition coefficient (Wildman–Crippen LogP) is 1.60. The van der Waals surface area contributed by atoms with Crippen LogP contribution in [0.3, 0.4) is 0 Å². The highest BCUT2D eigenvalue weighted by Crippen LogP contribution is 2.24. The Morgan fingerprint density at radius 2 is 2.05 bits per heavy atom. The van der Waals surface area contributed by atoms with Gasteiger partial charge in [-0.25, -0.2) is 9.97 Å². The van der Waals surface area contributed by atoms with Crippen molar-refractivity contribution >= 4 is 22.5 Å². The highest BCUT2D eigenvalue weighted by atomic mass is 15.3. The first kappa shape index (κ1) is 11.7. The van der Waals surface area contributed by atoms with E-state index in [1.54, 1.807) is 0 Å². The Hall–Kier alpha value is -2.14. The van der Waals surface area contributed by atoms with Crippen molar-refractivity contribution in [3.05, 3.63) is 36.2 Å². The average molecular weight is 267 g/mol. The molecular formula is C15H17N5. The van der Waals surface area contributed by atoms with Crippen LogP contribution in [-0.4, -0.2) is 40.5 Å². The Balaban J connectivity index is 1.99. The Bertz CT molecular complexity index is 770. The van der Waals surface area contributed by atoms with Gasteiger partial charge >= 0.3 is 0 Å². The molecule has 0 radical (unpaired) electrons. The van der Waals surface area contributed by atoms with Crippen molar-refractivity contribution in [3.8, 4) is 0 Å². The van der Waals surface area contributed by atoms with Crippen molar-refractivity contribution < 1.29 is 0 Å². The fourth-order valence-electron chi connectivity index (χ4n) is 2.84. The zero-order valence-corrected chi connectivity index (χ0v) is 11.5. The van der Waals surface area contributed by atoms with E-state index >= 15 is 0 Å². The first-order chi connectivity index (χ1) is 9.83. The Morgan fingerprint density at radius 1 is 1.20 bits per heavy atom.